The van der Waals surface area contributed by atoms with Gasteiger partial charge in [0.2, 0.25) is 5.91 Å². The van der Waals surface area contributed by atoms with Gasteiger partial charge < -0.3 is 0 Å². The third-order valence-corrected chi connectivity index (χ3v) is 5.12. The van der Waals surface area contributed by atoms with Crippen molar-refractivity contribution in [1.29, 1.82) is 0 Å². The molecule has 0 aromatic heterocycles. The van der Waals surface area contributed by atoms with Crippen molar-refractivity contribution in [2.75, 3.05) is 18.1 Å². The smallest absolute Gasteiger partial charge is 0.277 e. The Morgan fingerprint density at radius 1 is 0.893 bits per heavy atom. The fraction of sp³-hybridized carbons (Fsp3) is 0.227. The first-order valence-corrected chi connectivity index (χ1v) is 9.43. The van der Waals surface area contributed by atoms with Gasteiger partial charge in [0.25, 0.3) is 5.69 Å². The summed E-state index contributed by atoms with van der Waals surface area (Å²) in [4.78, 5) is 24.1. The van der Waals surface area contributed by atoms with Crippen LogP contribution in [0, 0.1) is 10.1 Å². The molecule has 3 aromatic rings. The first kappa shape index (κ1) is 18.0. The molecule has 0 spiro atoms. The summed E-state index contributed by atoms with van der Waals surface area (Å²) in [5.74, 6) is 0.0355. The highest BCUT2D eigenvalue weighted by molar-refractivity contribution is 6.00. The first-order chi connectivity index (χ1) is 13.6. The minimum Gasteiger partial charge on any atom is -0.282 e. The molecule has 0 radical (unpaired) electrons. The van der Waals surface area contributed by atoms with Gasteiger partial charge in [0.05, 0.1) is 22.4 Å². The maximum atomic E-state index is 13.0. The lowest BCUT2D eigenvalue weighted by atomic mass is 10.1. The van der Waals surface area contributed by atoms with E-state index in [2.05, 4.69) is 0 Å². The van der Waals surface area contributed by atoms with Crippen LogP contribution in [0.4, 0.5) is 11.4 Å². The van der Waals surface area contributed by atoms with Gasteiger partial charge in [-0.3, -0.25) is 24.9 Å². The predicted octanol–water partition coefficient (Wildman–Crippen LogP) is 4.33. The van der Waals surface area contributed by atoms with E-state index in [1.165, 1.54) is 6.07 Å². The molecule has 0 bridgehead atoms. The first-order valence-electron chi connectivity index (χ1n) is 9.43. The molecular weight excluding hydrogens is 354 g/mol. The average molecular weight is 375 g/mol. The van der Waals surface area contributed by atoms with E-state index in [0.717, 1.165) is 29.5 Å². The van der Waals surface area contributed by atoms with Crippen LogP contribution in [0.2, 0.25) is 0 Å². The predicted molar refractivity (Wildman–Crippen MR) is 109 cm³/mol. The highest BCUT2D eigenvalue weighted by Crippen LogP contribution is 2.35. The van der Waals surface area contributed by atoms with E-state index in [0.29, 0.717) is 24.9 Å². The molecule has 6 nitrogen and oxygen atoms in total. The quantitative estimate of drug-likeness (QED) is 0.503. The van der Waals surface area contributed by atoms with E-state index < -0.39 is 0 Å². The Balaban J connectivity index is 1.71. The molecule has 1 aliphatic rings. The van der Waals surface area contributed by atoms with Gasteiger partial charge in [-0.25, -0.2) is 0 Å². The molecule has 1 aliphatic heterocycles. The summed E-state index contributed by atoms with van der Waals surface area (Å²) in [6.45, 7) is 1.36. The summed E-state index contributed by atoms with van der Waals surface area (Å²) in [5, 5.41) is 16.6. The number of nitro benzene ring substituents is 1. The van der Waals surface area contributed by atoms with E-state index >= 15 is 0 Å². The molecule has 142 valence electrons. The van der Waals surface area contributed by atoms with Crippen LogP contribution in [-0.4, -0.2) is 28.9 Å². The SMILES string of the molecule is O=C(Cc1ccccc1)N1CCCCN1c1ccc([N+](=O)[O-])c2ccccc12. The Morgan fingerprint density at radius 3 is 2.32 bits per heavy atom. The van der Waals surface area contributed by atoms with Crippen molar-refractivity contribution >= 4 is 28.1 Å². The molecule has 28 heavy (non-hydrogen) atoms. The molecule has 0 aliphatic carbocycles. The van der Waals surface area contributed by atoms with E-state index in [-0.39, 0.29) is 16.5 Å². The van der Waals surface area contributed by atoms with Gasteiger partial charge in [-0.1, -0.05) is 48.5 Å². The summed E-state index contributed by atoms with van der Waals surface area (Å²) < 4.78 is 0. The molecule has 0 unspecified atom stereocenters. The second-order valence-electron chi connectivity index (χ2n) is 6.92. The van der Waals surface area contributed by atoms with E-state index in [1.807, 2.05) is 47.5 Å². The Hall–Kier alpha value is -3.41. The molecule has 0 N–H and O–H groups in total. The van der Waals surface area contributed by atoms with E-state index in [9.17, 15) is 14.9 Å². The number of nitrogens with zero attached hydrogens (tertiary/aromatic N) is 3. The Morgan fingerprint density at radius 2 is 1.57 bits per heavy atom. The molecule has 1 saturated heterocycles. The fourth-order valence-electron chi connectivity index (χ4n) is 3.79. The van der Waals surface area contributed by atoms with E-state index in [4.69, 9.17) is 0 Å². The summed E-state index contributed by atoms with van der Waals surface area (Å²) in [6.07, 6.45) is 2.25. The monoisotopic (exact) mass is 375 g/mol. The zero-order chi connectivity index (χ0) is 19.5. The largest absolute Gasteiger partial charge is 0.282 e. The van der Waals surface area contributed by atoms with Crippen LogP contribution in [0.5, 0.6) is 0 Å². The Kier molecular flexibility index (Phi) is 4.93. The number of carbonyl (C=O) groups is 1. The third-order valence-electron chi connectivity index (χ3n) is 5.12. The number of rotatable bonds is 4. The summed E-state index contributed by atoms with van der Waals surface area (Å²) in [6, 6.07) is 20.3. The second kappa shape index (κ2) is 7.68. The lowest BCUT2D eigenvalue weighted by Crippen LogP contribution is -2.51. The van der Waals surface area contributed by atoms with Crippen LogP contribution in [0.3, 0.4) is 0 Å². The average Bonchev–Trinajstić information content (AvgIpc) is 2.73. The number of hydrogen-bond donors (Lipinski definition) is 0. The van der Waals surface area contributed by atoms with E-state index in [1.54, 1.807) is 23.2 Å². The molecule has 1 amide bonds. The highest BCUT2D eigenvalue weighted by atomic mass is 16.6. The molecule has 1 fully saturated rings. The molecule has 3 aromatic carbocycles. The summed E-state index contributed by atoms with van der Waals surface area (Å²) in [5.41, 5.74) is 1.90. The Bertz CT molecular complexity index is 1020. The third kappa shape index (κ3) is 3.41. The number of benzene rings is 3. The van der Waals surface area contributed by atoms with Crippen LogP contribution >= 0.6 is 0 Å². The van der Waals surface area contributed by atoms with Crippen molar-refractivity contribution in [2.24, 2.45) is 0 Å². The number of fused-ring (bicyclic) bond motifs is 1. The maximum absolute atomic E-state index is 13.0. The number of non-ortho nitro benzene ring substituents is 1. The fourth-order valence-corrected chi connectivity index (χ4v) is 3.79. The van der Waals surface area contributed by atoms with Crippen LogP contribution in [0.15, 0.2) is 66.7 Å². The van der Waals surface area contributed by atoms with Gasteiger partial charge in [0.1, 0.15) is 0 Å². The highest BCUT2D eigenvalue weighted by Gasteiger charge is 2.27. The van der Waals surface area contributed by atoms with Crippen molar-refractivity contribution in [3.8, 4) is 0 Å². The summed E-state index contributed by atoms with van der Waals surface area (Å²) >= 11 is 0. The van der Waals surface area contributed by atoms with Crippen molar-refractivity contribution in [3.63, 3.8) is 0 Å². The molecular formula is C22H21N3O3. The lowest BCUT2D eigenvalue weighted by Gasteiger charge is -2.40. The number of hydrazine groups is 1. The standard InChI is InChI=1S/C22H21N3O3/c26-22(16-17-8-2-1-3-9-17)24-15-7-6-14-23(24)20-12-13-21(25(27)28)19-11-5-4-10-18(19)20/h1-5,8-13H,6-7,14-16H2. The lowest BCUT2D eigenvalue weighted by molar-refractivity contribution is -0.383. The zero-order valence-electron chi connectivity index (χ0n) is 15.5. The number of hydrogen-bond acceptors (Lipinski definition) is 4. The van der Waals surface area contributed by atoms with Gasteiger partial charge in [-0.15, -0.1) is 0 Å². The number of anilines is 1. The normalized spacial score (nSPS) is 14.3. The minimum atomic E-state index is -0.360. The van der Waals surface area contributed by atoms with Gasteiger partial charge >= 0.3 is 0 Å². The second-order valence-corrected chi connectivity index (χ2v) is 6.92. The van der Waals surface area contributed by atoms with Crippen molar-refractivity contribution < 1.29 is 9.72 Å². The molecule has 0 atom stereocenters. The van der Waals surface area contributed by atoms with Crippen LogP contribution < -0.4 is 5.01 Å². The van der Waals surface area contributed by atoms with Gasteiger partial charge in [-0.05, 0) is 30.5 Å². The van der Waals surface area contributed by atoms with Crippen molar-refractivity contribution in [1.82, 2.24) is 5.01 Å². The molecule has 1 heterocycles. The van der Waals surface area contributed by atoms with Crippen LogP contribution in [0.1, 0.15) is 18.4 Å². The molecule has 4 rings (SSSR count). The minimum absolute atomic E-state index is 0.0355. The van der Waals surface area contributed by atoms with Crippen molar-refractivity contribution in [3.05, 3.63) is 82.4 Å². The summed E-state index contributed by atoms with van der Waals surface area (Å²) in [7, 11) is 0. The number of amides is 1. The number of carbonyl (C=O) groups excluding carboxylic acids is 1. The number of nitro groups is 1. The molecule has 6 heteroatoms. The zero-order valence-corrected chi connectivity index (χ0v) is 15.5. The van der Waals surface area contributed by atoms with Crippen LogP contribution in [-0.2, 0) is 11.2 Å². The Labute approximate surface area is 163 Å². The topological polar surface area (TPSA) is 66.7 Å². The van der Waals surface area contributed by atoms with Gasteiger partial charge in [-0.2, -0.15) is 0 Å². The van der Waals surface area contributed by atoms with Gasteiger partial charge in [0, 0.05) is 24.5 Å². The van der Waals surface area contributed by atoms with Crippen molar-refractivity contribution in [2.45, 2.75) is 19.3 Å². The van der Waals surface area contributed by atoms with Crippen LogP contribution in [0.25, 0.3) is 10.8 Å². The molecule has 0 saturated carbocycles. The van der Waals surface area contributed by atoms with Gasteiger partial charge in [0.15, 0.2) is 0 Å². The maximum Gasteiger partial charge on any atom is 0.277 e.